The van der Waals surface area contributed by atoms with Crippen LogP contribution in [-0.4, -0.2) is 5.16 Å². The monoisotopic (exact) mass is 262 g/mol. The summed E-state index contributed by atoms with van der Waals surface area (Å²) in [5, 5.41) is 13.4. The standard InChI is InChI=1S/C11H7BrN2O/c12-5-10-7-15-14-11(10)9-3-1-2-8(4-9)6-13/h1-4,7H,5H2. The lowest BCUT2D eigenvalue weighted by atomic mass is 10.1. The van der Waals surface area contributed by atoms with Crippen LogP contribution < -0.4 is 0 Å². The Morgan fingerprint density at radius 2 is 2.33 bits per heavy atom. The number of hydrogen-bond acceptors (Lipinski definition) is 3. The van der Waals surface area contributed by atoms with E-state index in [0.717, 1.165) is 16.8 Å². The molecule has 2 rings (SSSR count). The van der Waals surface area contributed by atoms with Crippen molar-refractivity contribution in [2.75, 3.05) is 0 Å². The van der Waals surface area contributed by atoms with E-state index in [0.29, 0.717) is 10.9 Å². The zero-order valence-electron chi connectivity index (χ0n) is 7.77. The van der Waals surface area contributed by atoms with E-state index in [1.165, 1.54) is 0 Å². The summed E-state index contributed by atoms with van der Waals surface area (Å²) in [6.45, 7) is 0. The summed E-state index contributed by atoms with van der Waals surface area (Å²) in [5.41, 5.74) is 3.28. The summed E-state index contributed by atoms with van der Waals surface area (Å²) < 4.78 is 4.90. The van der Waals surface area contributed by atoms with Crippen LogP contribution in [0.5, 0.6) is 0 Å². The number of benzene rings is 1. The molecule has 0 bridgehead atoms. The molecule has 74 valence electrons. The molecule has 1 aromatic heterocycles. The van der Waals surface area contributed by atoms with Crippen molar-refractivity contribution in [1.29, 1.82) is 5.26 Å². The molecule has 0 spiro atoms. The van der Waals surface area contributed by atoms with E-state index < -0.39 is 0 Å². The first kappa shape index (κ1) is 9.94. The van der Waals surface area contributed by atoms with E-state index in [2.05, 4.69) is 27.2 Å². The maximum absolute atomic E-state index is 8.78. The fourth-order valence-electron chi connectivity index (χ4n) is 1.33. The average molecular weight is 263 g/mol. The van der Waals surface area contributed by atoms with Gasteiger partial charge in [-0.3, -0.25) is 0 Å². The molecule has 0 radical (unpaired) electrons. The third-order valence-corrected chi connectivity index (χ3v) is 2.66. The Labute approximate surface area is 95.4 Å². The van der Waals surface area contributed by atoms with Gasteiger partial charge in [0.25, 0.3) is 0 Å². The van der Waals surface area contributed by atoms with Crippen molar-refractivity contribution in [3.63, 3.8) is 0 Å². The maximum atomic E-state index is 8.78. The summed E-state index contributed by atoms with van der Waals surface area (Å²) in [5.74, 6) is 0. The Morgan fingerprint density at radius 3 is 3.07 bits per heavy atom. The highest BCUT2D eigenvalue weighted by atomic mass is 79.9. The van der Waals surface area contributed by atoms with Gasteiger partial charge in [-0.25, -0.2) is 0 Å². The van der Waals surface area contributed by atoms with Crippen LogP contribution in [0.1, 0.15) is 11.1 Å². The minimum atomic E-state index is 0.621. The number of halogens is 1. The maximum Gasteiger partial charge on any atom is 0.128 e. The van der Waals surface area contributed by atoms with Crippen molar-refractivity contribution >= 4 is 15.9 Å². The molecule has 0 amide bonds. The van der Waals surface area contributed by atoms with Gasteiger partial charge >= 0.3 is 0 Å². The first-order valence-corrected chi connectivity index (χ1v) is 5.47. The molecule has 0 aliphatic heterocycles. The molecule has 0 atom stereocenters. The number of nitriles is 1. The number of nitrogens with zero attached hydrogens (tertiary/aromatic N) is 2. The number of rotatable bonds is 2. The van der Waals surface area contributed by atoms with Crippen LogP contribution in [0.2, 0.25) is 0 Å². The molecule has 2 aromatic rings. The molecule has 15 heavy (non-hydrogen) atoms. The summed E-state index contributed by atoms with van der Waals surface area (Å²) in [6.07, 6.45) is 1.60. The minimum Gasteiger partial charge on any atom is -0.364 e. The van der Waals surface area contributed by atoms with Gasteiger partial charge < -0.3 is 4.52 Å². The second kappa shape index (κ2) is 4.28. The smallest absolute Gasteiger partial charge is 0.128 e. The number of alkyl halides is 1. The van der Waals surface area contributed by atoms with E-state index in [1.54, 1.807) is 18.4 Å². The van der Waals surface area contributed by atoms with Gasteiger partial charge in [-0.05, 0) is 12.1 Å². The van der Waals surface area contributed by atoms with Crippen LogP contribution in [-0.2, 0) is 5.33 Å². The number of hydrogen-bond donors (Lipinski definition) is 0. The Morgan fingerprint density at radius 1 is 1.47 bits per heavy atom. The van der Waals surface area contributed by atoms with Crippen molar-refractivity contribution in [1.82, 2.24) is 5.16 Å². The van der Waals surface area contributed by atoms with Crippen LogP contribution in [0.15, 0.2) is 35.1 Å². The minimum absolute atomic E-state index is 0.621. The molecule has 0 N–H and O–H groups in total. The van der Waals surface area contributed by atoms with Gasteiger partial charge in [0.15, 0.2) is 0 Å². The molecule has 0 saturated carbocycles. The lowest BCUT2D eigenvalue weighted by molar-refractivity contribution is 0.421. The molecular weight excluding hydrogens is 256 g/mol. The van der Waals surface area contributed by atoms with E-state index >= 15 is 0 Å². The van der Waals surface area contributed by atoms with Crippen LogP contribution in [0.3, 0.4) is 0 Å². The topological polar surface area (TPSA) is 49.8 Å². The number of aromatic nitrogens is 1. The second-order valence-electron chi connectivity index (χ2n) is 3.01. The molecule has 1 heterocycles. The van der Waals surface area contributed by atoms with Gasteiger partial charge in [0, 0.05) is 16.5 Å². The predicted octanol–water partition coefficient (Wildman–Crippen LogP) is 3.11. The normalized spacial score (nSPS) is 9.87. The Hall–Kier alpha value is -1.60. The summed E-state index contributed by atoms with van der Waals surface area (Å²) in [7, 11) is 0. The van der Waals surface area contributed by atoms with E-state index in [1.807, 2.05) is 12.1 Å². The molecule has 3 nitrogen and oxygen atoms in total. The van der Waals surface area contributed by atoms with Gasteiger partial charge in [-0.2, -0.15) is 5.26 Å². The lowest BCUT2D eigenvalue weighted by Crippen LogP contribution is -1.84. The van der Waals surface area contributed by atoms with Crippen LogP contribution >= 0.6 is 15.9 Å². The molecule has 0 saturated heterocycles. The quantitative estimate of drug-likeness (QED) is 0.782. The highest BCUT2D eigenvalue weighted by Crippen LogP contribution is 2.24. The molecule has 1 aromatic carbocycles. The Balaban J connectivity index is 2.50. The zero-order valence-corrected chi connectivity index (χ0v) is 9.36. The van der Waals surface area contributed by atoms with Crippen LogP contribution in [0, 0.1) is 11.3 Å². The molecular formula is C11H7BrN2O. The zero-order chi connectivity index (χ0) is 10.7. The van der Waals surface area contributed by atoms with Crippen LogP contribution in [0.4, 0.5) is 0 Å². The van der Waals surface area contributed by atoms with Crippen molar-refractivity contribution in [2.45, 2.75) is 5.33 Å². The highest BCUT2D eigenvalue weighted by molar-refractivity contribution is 9.08. The summed E-state index contributed by atoms with van der Waals surface area (Å²) in [4.78, 5) is 0. The van der Waals surface area contributed by atoms with Gasteiger partial charge in [0.05, 0.1) is 11.6 Å². The van der Waals surface area contributed by atoms with Crippen molar-refractivity contribution in [2.24, 2.45) is 0 Å². The first-order chi connectivity index (χ1) is 7.35. The van der Waals surface area contributed by atoms with Crippen LogP contribution in [0.25, 0.3) is 11.3 Å². The lowest BCUT2D eigenvalue weighted by Gasteiger charge is -1.98. The third-order valence-electron chi connectivity index (χ3n) is 2.05. The van der Waals surface area contributed by atoms with Crippen molar-refractivity contribution in [3.8, 4) is 17.3 Å². The van der Waals surface area contributed by atoms with Crippen molar-refractivity contribution < 1.29 is 4.52 Å². The summed E-state index contributed by atoms with van der Waals surface area (Å²) >= 11 is 3.36. The summed E-state index contributed by atoms with van der Waals surface area (Å²) in [6, 6.07) is 9.40. The highest BCUT2D eigenvalue weighted by Gasteiger charge is 2.09. The van der Waals surface area contributed by atoms with E-state index in [-0.39, 0.29) is 0 Å². The Bertz CT molecular complexity index is 513. The molecule has 4 heteroatoms. The predicted molar refractivity (Wildman–Crippen MR) is 59.3 cm³/mol. The Kier molecular flexibility index (Phi) is 2.84. The van der Waals surface area contributed by atoms with E-state index in [4.69, 9.17) is 9.78 Å². The SMILES string of the molecule is N#Cc1cccc(-c2nocc2CBr)c1. The van der Waals surface area contributed by atoms with Crippen molar-refractivity contribution in [3.05, 3.63) is 41.7 Å². The fourth-order valence-corrected chi connectivity index (χ4v) is 1.72. The fraction of sp³-hybridized carbons (Fsp3) is 0.0909. The second-order valence-corrected chi connectivity index (χ2v) is 3.58. The third kappa shape index (κ3) is 1.92. The first-order valence-electron chi connectivity index (χ1n) is 4.35. The molecule has 0 aliphatic rings. The average Bonchev–Trinajstić information content (AvgIpc) is 2.77. The van der Waals surface area contributed by atoms with E-state index in [9.17, 15) is 0 Å². The van der Waals surface area contributed by atoms with Gasteiger partial charge in [-0.1, -0.05) is 33.2 Å². The van der Waals surface area contributed by atoms with Gasteiger partial charge in [0.2, 0.25) is 0 Å². The van der Waals surface area contributed by atoms with Gasteiger partial charge in [-0.15, -0.1) is 0 Å². The molecule has 0 aliphatic carbocycles. The largest absolute Gasteiger partial charge is 0.364 e. The molecule has 0 unspecified atom stereocenters. The molecule has 0 fully saturated rings. The van der Waals surface area contributed by atoms with Gasteiger partial charge in [0.1, 0.15) is 12.0 Å².